The second kappa shape index (κ2) is 3.31. The van der Waals surface area contributed by atoms with Crippen LogP contribution < -0.4 is 5.56 Å². The maximum atomic E-state index is 12.0. The highest BCUT2D eigenvalue weighted by molar-refractivity contribution is 6.05. The molecule has 0 fully saturated rings. The normalized spacial score (nSPS) is 11.1. The van der Waals surface area contributed by atoms with Gasteiger partial charge in [-0.05, 0) is 12.1 Å². The Morgan fingerprint density at radius 1 is 1.24 bits per heavy atom. The highest BCUT2D eigenvalue weighted by Gasteiger charge is 2.12. The Hall–Kier alpha value is -2.36. The predicted molar refractivity (Wildman–Crippen MR) is 64.3 cm³/mol. The molecule has 84 valence electrons. The summed E-state index contributed by atoms with van der Waals surface area (Å²) >= 11 is 0. The van der Waals surface area contributed by atoms with E-state index in [1.807, 2.05) is 24.3 Å². The highest BCUT2D eigenvalue weighted by atomic mass is 16.3. The van der Waals surface area contributed by atoms with Crippen molar-refractivity contribution in [3.05, 3.63) is 46.4 Å². The van der Waals surface area contributed by atoms with Crippen molar-refractivity contribution in [2.45, 2.75) is 0 Å². The summed E-state index contributed by atoms with van der Waals surface area (Å²) < 4.78 is 6.76. The summed E-state index contributed by atoms with van der Waals surface area (Å²) in [6.45, 7) is 0. The number of hydrogen-bond donors (Lipinski definition) is 0. The third-order valence-electron chi connectivity index (χ3n) is 2.92. The van der Waals surface area contributed by atoms with Crippen molar-refractivity contribution in [2.75, 3.05) is 0 Å². The number of furan rings is 1. The van der Waals surface area contributed by atoms with Gasteiger partial charge in [0.1, 0.15) is 0 Å². The van der Waals surface area contributed by atoms with Gasteiger partial charge in [0.05, 0.1) is 5.52 Å². The van der Waals surface area contributed by atoms with E-state index in [1.165, 1.54) is 4.57 Å². The molecule has 2 heterocycles. The van der Waals surface area contributed by atoms with E-state index in [-0.39, 0.29) is 16.9 Å². The van der Waals surface area contributed by atoms with Gasteiger partial charge >= 0.3 is 0 Å². The molecule has 3 rings (SSSR count). The predicted octanol–water partition coefficient (Wildman–Crippen LogP) is 2.10. The Morgan fingerprint density at radius 3 is 2.76 bits per heavy atom. The molecule has 0 aliphatic rings. The Balaban J connectivity index is 2.67. The lowest BCUT2D eigenvalue weighted by Crippen LogP contribution is -2.16. The standard InChI is InChI=1S/C13H9NO3/c1-14-11-5-3-2-4-9(11)10-6-8(7-15)17-12(10)13(14)16/h2-7H,1H3. The fourth-order valence-electron chi connectivity index (χ4n) is 2.08. The number of benzene rings is 1. The minimum absolute atomic E-state index is 0.174. The average molecular weight is 227 g/mol. The van der Waals surface area contributed by atoms with Crippen LogP contribution in [0.5, 0.6) is 0 Å². The number of nitrogens with zero attached hydrogens (tertiary/aromatic N) is 1. The van der Waals surface area contributed by atoms with Crippen LogP contribution in [0.2, 0.25) is 0 Å². The first-order chi connectivity index (χ1) is 8.22. The van der Waals surface area contributed by atoms with Gasteiger partial charge in [0.2, 0.25) is 5.58 Å². The third-order valence-corrected chi connectivity index (χ3v) is 2.92. The molecule has 3 aromatic rings. The van der Waals surface area contributed by atoms with Crippen molar-refractivity contribution < 1.29 is 9.21 Å². The molecular weight excluding hydrogens is 218 g/mol. The molecule has 0 amide bonds. The Kier molecular flexibility index (Phi) is 1.92. The van der Waals surface area contributed by atoms with Crippen molar-refractivity contribution >= 4 is 28.2 Å². The number of carbonyl (C=O) groups is 1. The minimum atomic E-state index is -0.230. The molecular formula is C13H9NO3. The van der Waals surface area contributed by atoms with Gasteiger partial charge in [-0.2, -0.15) is 0 Å². The van der Waals surface area contributed by atoms with E-state index in [0.29, 0.717) is 11.7 Å². The van der Waals surface area contributed by atoms with Crippen LogP contribution in [-0.2, 0) is 7.05 Å². The van der Waals surface area contributed by atoms with Crippen molar-refractivity contribution in [2.24, 2.45) is 7.05 Å². The monoisotopic (exact) mass is 227 g/mol. The highest BCUT2D eigenvalue weighted by Crippen LogP contribution is 2.24. The van der Waals surface area contributed by atoms with Crippen molar-refractivity contribution in [3.8, 4) is 0 Å². The molecule has 4 nitrogen and oxygen atoms in total. The number of para-hydroxylation sites is 1. The SMILES string of the molecule is Cn1c(=O)c2oc(C=O)cc2c2ccccc21. The van der Waals surface area contributed by atoms with Gasteiger partial charge in [-0.25, -0.2) is 0 Å². The lowest BCUT2D eigenvalue weighted by atomic mass is 10.1. The number of hydrogen-bond acceptors (Lipinski definition) is 3. The summed E-state index contributed by atoms with van der Waals surface area (Å²) in [4.78, 5) is 22.7. The zero-order chi connectivity index (χ0) is 12.0. The lowest BCUT2D eigenvalue weighted by molar-refractivity contribution is 0.110. The molecule has 0 bridgehead atoms. The second-order valence-corrected chi connectivity index (χ2v) is 3.89. The summed E-state index contributed by atoms with van der Waals surface area (Å²) in [7, 11) is 1.69. The largest absolute Gasteiger partial charge is 0.447 e. The van der Waals surface area contributed by atoms with Crippen LogP contribution in [0.4, 0.5) is 0 Å². The fourth-order valence-corrected chi connectivity index (χ4v) is 2.08. The van der Waals surface area contributed by atoms with Gasteiger partial charge in [0, 0.05) is 17.8 Å². The topological polar surface area (TPSA) is 52.2 Å². The molecule has 17 heavy (non-hydrogen) atoms. The molecule has 0 N–H and O–H groups in total. The summed E-state index contributed by atoms with van der Waals surface area (Å²) in [5.74, 6) is 0.174. The summed E-state index contributed by atoms with van der Waals surface area (Å²) in [6.07, 6.45) is 0.605. The maximum Gasteiger partial charge on any atom is 0.294 e. The minimum Gasteiger partial charge on any atom is -0.447 e. The molecule has 4 heteroatoms. The number of rotatable bonds is 1. The van der Waals surface area contributed by atoms with Gasteiger partial charge in [0.15, 0.2) is 12.0 Å². The Morgan fingerprint density at radius 2 is 2.00 bits per heavy atom. The number of pyridine rings is 1. The quantitative estimate of drug-likeness (QED) is 0.598. The molecule has 0 saturated heterocycles. The molecule has 0 unspecified atom stereocenters. The lowest BCUT2D eigenvalue weighted by Gasteiger charge is -2.04. The molecule has 0 atom stereocenters. The van der Waals surface area contributed by atoms with E-state index in [1.54, 1.807) is 13.1 Å². The van der Waals surface area contributed by atoms with Gasteiger partial charge in [0.25, 0.3) is 5.56 Å². The average Bonchev–Trinajstić information content (AvgIpc) is 2.80. The zero-order valence-electron chi connectivity index (χ0n) is 9.14. The molecule has 2 aromatic heterocycles. The van der Waals surface area contributed by atoms with E-state index in [2.05, 4.69) is 0 Å². The second-order valence-electron chi connectivity index (χ2n) is 3.89. The first-order valence-corrected chi connectivity index (χ1v) is 5.19. The van der Waals surface area contributed by atoms with Crippen LogP contribution >= 0.6 is 0 Å². The molecule has 0 aliphatic heterocycles. The van der Waals surface area contributed by atoms with E-state index >= 15 is 0 Å². The van der Waals surface area contributed by atoms with E-state index in [0.717, 1.165) is 10.9 Å². The van der Waals surface area contributed by atoms with Gasteiger partial charge in [-0.1, -0.05) is 18.2 Å². The first kappa shape index (κ1) is 9.84. The first-order valence-electron chi connectivity index (χ1n) is 5.19. The zero-order valence-corrected chi connectivity index (χ0v) is 9.14. The van der Waals surface area contributed by atoms with Crippen LogP contribution in [0.25, 0.3) is 21.9 Å². The summed E-state index contributed by atoms with van der Waals surface area (Å²) in [5, 5.41) is 1.59. The smallest absolute Gasteiger partial charge is 0.294 e. The van der Waals surface area contributed by atoms with Crippen molar-refractivity contribution in [3.63, 3.8) is 0 Å². The van der Waals surface area contributed by atoms with Crippen LogP contribution in [0.3, 0.4) is 0 Å². The molecule has 0 spiro atoms. The summed E-state index contributed by atoms with van der Waals surface area (Å²) in [5.41, 5.74) is 0.823. The van der Waals surface area contributed by atoms with Crippen molar-refractivity contribution in [1.29, 1.82) is 0 Å². The molecule has 0 aliphatic carbocycles. The Labute approximate surface area is 96.1 Å². The number of carbonyl (C=O) groups excluding carboxylic acids is 1. The number of aldehydes is 1. The Bertz CT molecular complexity index is 795. The maximum absolute atomic E-state index is 12.0. The van der Waals surface area contributed by atoms with Crippen LogP contribution in [-0.4, -0.2) is 10.9 Å². The molecule has 0 saturated carbocycles. The van der Waals surface area contributed by atoms with Crippen molar-refractivity contribution in [1.82, 2.24) is 4.57 Å². The number of aromatic nitrogens is 1. The molecule has 0 radical (unpaired) electrons. The fraction of sp³-hybridized carbons (Fsp3) is 0.0769. The van der Waals surface area contributed by atoms with Crippen LogP contribution in [0.15, 0.2) is 39.5 Å². The number of fused-ring (bicyclic) bond motifs is 3. The van der Waals surface area contributed by atoms with Gasteiger partial charge in [-0.15, -0.1) is 0 Å². The number of aryl methyl sites for hydroxylation is 1. The van der Waals surface area contributed by atoms with E-state index in [9.17, 15) is 9.59 Å². The van der Waals surface area contributed by atoms with E-state index < -0.39 is 0 Å². The van der Waals surface area contributed by atoms with Gasteiger partial charge < -0.3 is 8.98 Å². The summed E-state index contributed by atoms with van der Waals surface area (Å²) in [6, 6.07) is 9.13. The van der Waals surface area contributed by atoms with Gasteiger partial charge in [-0.3, -0.25) is 9.59 Å². The molecule has 1 aromatic carbocycles. The third kappa shape index (κ3) is 1.24. The van der Waals surface area contributed by atoms with E-state index in [4.69, 9.17) is 4.42 Å². The van der Waals surface area contributed by atoms with Crippen LogP contribution in [0.1, 0.15) is 10.6 Å². The van der Waals surface area contributed by atoms with Crippen LogP contribution in [0, 0.1) is 0 Å².